The van der Waals surface area contributed by atoms with Gasteiger partial charge in [0.25, 0.3) is 5.91 Å². The number of sulfone groups is 1. The third-order valence-corrected chi connectivity index (χ3v) is 5.28. The minimum Gasteiger partial charge on any atom is -0.339 e. The molecule has 0 aliphatic rings. The smallest absolute Gasteiger partial charge is 0.272 e. The third kappa shape index (κ3) is 3.66. The number of carbonyl (C=O) groups excluding carboxylic acids is 1. The second-order valence-electron chi connectivity index (χ2n) is 6.63. The zero-order valence-electron chi connectivity index (χ0n) is 15.9. The molecule has 4 aromatic rings. The van der Waals surface area contributed by atoms with E-state index in [1.807, 2.05) is 0 Å². The van der Waals surface area contributed by atoms with E-state index >= 15 is 0 Å². The van der Waals surface area contributed by atoms with E-state index in [4.69, 9.17) is 4.52 Å². The fourth-order valence-corrected chi connectivity index (χ4v) is 3.67. The second-order valence-corrected chi connectivity index (χ2v) is 8.54. The third-order valence-electron chi connectivity index (χ3n) is 4.32. The zero-order valence-corrected chi connectivity index (χ0v) is 16.7. The Morgan fingerprint density at radius 2 is 1.90 bits per heavy atom. The molecule has 154 valence electrons. The Bertz CT molecular complexity index is 1350. The summed E-state index contributed by atoms with van der Waals surface area (Å²) in [4.78, 5) is 21.0. The highest BCUT2D eigenvalue weighted by atomic mass is 32.2. The quantitative estimate of drug-likeness (QED) is 0.517. The van der Waals surface area contributed by atoms with E-state index in [1.165, 1.54) is 34.9 Å². The molecule has 0 saturated heterocycles. The van der Waals surface area contributed by atoms with E-state index in [9.17, 15) is 17.6 Å². The first kappa shape index (κ1) is 19.7. The molecule has 1 amide bonds. The molecule has 11 heteroatoms. The summed E-state index contributed by atoms with van der Waals surface area (Å²) in [5.41, 5.74) is 0.865. The fraction of sp³-hybridized carbons (Fsp3) is 0.158. The van der Waals surface area contributed by atoms with Crippen molar-refractivity contribution >= 4 is 21.3 Å². The maximum Gasteiger partial charge on any atom is 0.272 e. The van der Waals surface area contributed by atoms with Gasteiger partial charge in [-0.3, -0.25) is 9.20 Å². The first-order valence-electron chi connectivity index (χ1n) is 8.81. The van der Waals surface area contributed by atoms with Crippen LogP contribution < -0.4 is 5.32 Å². The van der Waals surface area contributed by atoms with Gasteiger partial charge < -0.3 is 9.84 Å². The Morgan fingerprint density at radius 3 is 2.60 bits per heavy atom. The van der Waals surface area contributed by atoms with Crippen LogP contribution in [0.4, 0.5) is 4.39 Å². The second kappa shape index (κ2) is 7.34. The molecule has 30 heavy (non-hydrogen) atoms. The number of fused-ring (bicyclic) bond motifs is 1. The van der Waals surface area contributed by atoms with Crippen LogP contribution in [-0.2, 0) is 9.84 Å². The average Bonchev–Trinajstić information content (AvgIpc) is 3.34. The molecule has 4 rings (SSSR count). The molecular formula is C19H16FN5O4S. The van der Waals surface area contributed by atoms with Gasteiger partial charge in [-0.1, -0.05) is 11.2 Å². The molecule has 0 saturated carbocycles. The topological polar surface area (TPSA) is 119 Å². The first-order valence-corrected chi connectivity index (χ1v) is 10.7. The Kier molecular flexibility index (Phi) is 4.82. The number of aromatic nitrogens is 4. The van der Waals surface area contributed by atoms with E-state index < -0.39 is 21.8 Å². The first-order chi connectivity index (χ1) is 14.2. The van der Waals surface area contributed by atoms with Crippen LogP contribution in [0.3, 0.4) is 0 Å². The number of benzene rings is 1. The summed E-state index contributed by atoms with van der Waals surface area (Å²) in [5.74, 6) is -0.598. The van der Waals surface area contributed by atoms with Gasteiger partial charge in [0, 0.05) is 18.0 Å². The summed E-state index contributed by atoms with van der Waals surface area (Å²) in [7, 11) is -3.65. The van der Waals surface area contributed by atoms with Gasteiger partial charge in [0.1, 0.15) is 11.9 Å². The van der Waals surface area contributed by atoms with Gasteiger partial charge in [0.15, 0.2) is 5.69 Å². The maximum absolute atomic E-state index is 13.1. The Hall–Kier alpha value is -3.60. The van der Waals surface area contributed by atoms with Gasteiger partial charge in [-0.15, -0.1) is 0 Å². The lowest BCUT2D eigenvalue weighted by molar-refractivity contribution is 0.0929. The lowest BCUT2D eigenvalue weighted by Gasteiger charge is -2.08. The predicted octanol–water partition coefficient (Wildman–Crippen LogP) is 2.42. The summed E-state index contributed by atoms with van der Waals surface area (Å²) in [6.45, 7) is 1.63. The van der Waals surface area contributed by atoms with Crippen LogP contribution in [0.15, 0.2) is 58.3 Å². The summed E-state index contributed by atoms with van der Waals surface area (Å²) in [6.07, 6.45) is 2.54. The van der Waals surface area contributed by atoms with E-state index in [0.717, 1.165) is 6.26 Å². The number of carbonyl (C=O) groups is 1. The monoisotopic (exact) mass is 429 g/mol. The molecule has 0 bridgehead atoms. The number of pyridine rings is 1. The van der Waals surface area contributed by atoms with Crippen LogP contribution in [0.25, 0.3) is 16.9 Å². The molecule has 0 aliphatic carbocycles. The number of nitrogens with one attached hydrogen (secondary N) is 1. The van der Waals surface area contributed by atoms with E-state index in [0.29, 0.717) is 11.1 Å². The number of nitrogens with zero attached hydrogens (tertiary/aromatic N) is 4. The molecule has 9 nitrogen and oxygen atoms in total. The number of hydrogen-bond acceptors (Lipinski definition) is 7. The van der Waals surface area contributed by atoms with Crippen molar-refractivity contribution < 1.29 is 22.1 Å². The zero-order chi connectivity index (χ0) is 21.5. The molecule has 1 atom stereocenters. The van der Waals surface area contributed by atoms with Crippen LogP contribution in [0.2, 0.25) is 0 Å². The number of hydrogen-bond donors (Lipinski definition) is 1. The van der Waals surface area contributed by atoms with Gasteiger partial charge in [-0.25, -0.2) is 17.8 Å². The van der Waals surface area contributed by atoms with E-state index in [1.54, 1.807) is 25.1 Å². The van der Waals surface area contributed by atoms with Crippen LogP contribution in [-0.4, -0.2) is 40.1 Å². The highest BCUT2D eigenvalue weighted by Gasteiger charge is 2.25. The van der Waals surface area contributed by atoms with Crippen LogP contribution in [0.1, 0.15) is 29.3 Å². The normalized spacial score (nSPS) is 12.8. The highest BCUT2D eigenvalue weighted by Crippen LogP contribution is 2.21. The Labute approximate surface area is 170 Å². The van der Waals surface area contributed by atoms with Gasteiger partial charge in [0.05, 0.1) is 5.52 Å². The van der Waals surface area contributed by atoms with E-state index in [2.05, 4.69) is 20.4 Å². The van der Waals surface area contributed by atoms with Crippen LogP contribution in [0, 0.1) is 5.82 Å². The molecule has 1 aromatic carbocycles. The molecule has 0 radical (unpaired) electrons. The minimum absolute atomic E-state index is 0.0406. The van der Waals surface area contributed by atoms with Gasteiger partial charge in [0.2, 0.25) is 26.7 Å². The number of halogens is 1. The Balaban J connectivity index is 1.60. The van der Waals surface area contributed by atoms with Crippen LogP contribution in [0.5, 0.6) is 0 Å². The number of amides is 1. The molecule has 1 N–H and O–H groups in total. The summed E-state index contributed by atoms with van der Waals surface area (Å²) in [6, 6.07) is 9.81. The summed E-state index contributed by atoms with van der Waals surface area (Å²) < 4.78 is 43.6. The highest BCUT2D eigenvalue weighted by molar-refractivity contribution is 7.90. The van der Waals surface area contributed by atoms with Crippen molar-refractivity contribution in [3.63, 3.8) is 0 Å². The fourth-order valence-electron chi connectivity index (χ4n) is 2.89. The minimum atomic E-state index is -3.65. The van der Waals surface area contributed by atoms with Gasteiger partial charge in [-0.05, 0) is 43.3 Å². The average molecular weight is 429 g/mol. The van der Waals surface area contributed by atoms with E-state index in [-0.39, 0.29) is 28.4 Å². The Morgan fingerprint density at radius 1 is 1.17 bits per heavy atom. The molecule has 0 spiro atoms. The standard InChI is InChI=1S/C19H16FN5O4S/c1-11(18-23-16(24-29-18)12-6-8-13(20)9-7-12)21-17(26)15-14-5-3-4-10-25(14)19(22-15)30(2,27)28/h3-11H,1-2H3,(H,21,26). The molecule has 3 aromatic heterocycles. The molecule has 0 aliphatic heterocycles. The summed E-state index contributed by atoms with van der Waals surface area (Å²) in [5, 5.41) is 6.29. The number of imidazole rings is 1. The predicted molar refractivity (Wildman–Crippen MR) is 104 cm³/mol. The SMILES string of the molecule is CC(NC(=O)c1nc(S(C)(=O)=O)n2ccccc12)c1nc(-c2ccc(F)cc2)no1. The van der Waals surface area contributed by atoms with Gasteiger partial charge >= 0.3 is 0 Å². The van der Waals surface area contributed by atoms with Gasteiger partial charge in [-0.2, -0.15) is 4.98 Å². The largest absolute Gasteiger partial charge is 0.339 e. The van der Waals surface area contributed by atoms with Crippen molar-refractivity contribution in [2.75, 3.05) is 6.26 Å². The lowest BCUT2D eigenvalue weighted by atomic mass is 10.2. The molecule has 0 fully saturated rings. The van der Waals surface area contributed by atoms with Crippen molar-refractivity contribution in [1.29, 1.82) is 0 Å². The van der Waals surface area contributed by atoms with Crippen molar-refractivity contribution in [3.8, 4) is 11.4 Å². The van der Waals surface area contributed by atoms with Crippen molar-refractivity contribution in [2.45, 2.75) is 18.1 Å². The molecule has 3 heterocycles. The van der Waals surface area contributed by atoms with Crippen molar-refractivity contribution in [2.24, 2.45) is 0 Å². The summed E-state index contributed by atoms with van der Waals surface area (Å²) >= 11 is 0. The molecule has 1 unspecified atom stereocenters. The maximum atomic E-state index is 13.1. The lowest BCUT2D eigenvalue weighted by Crippen LogP contribution is -2.27. The number of rotatable bonds is 5. The van der Waals surface area contributed by atoms with Crippen molar-refractivity contribution in [1.82, 2.24) is 24.8 Å². The van der Waals surface area contributed by atoms with Crippen LogP contribution >= 0.6 is 0 Å². The molecular weight excluding hydrogens is 413 g/mol. The van der Waals surface area contributed by atoms with Crippen molar-refractivity contribution in [3.05, 3.63) is 66.1 Å².